The van der Waals surface area contributed by atoms with Crippen LogP contribution >= 0.6 is 11.8 Å². The van der Waals surface area contributed by atoms with Crippen molar-refractivity contribution in [3.8, 4) is 6.07 Å². The number of hydrogen-bond donors (Lipinski definition) is 0. The van der Waals surface area contributed by atoms with Gasteiger partial charge in [0.25, 0.3) is 0 Å². The molecule has 1 amide bonds. The number of thioether (sulfide) groups is 1. The summed E-state index contributed by atoms with van der Waals surface area (Å²) in [5.41, 5.74) is 0.826. The quantitative estimate of drug-likeness (QED) is 0.648. The Bertz CT molecular complexity index is 851. The van der Waals surface area contributed by atoms with E-state index >= 15 is 0 Å². The highest BCUT2D eigenvalue weighted by Gasteiger charge is 2.37. The standard InChI is InChI=1S/C20H23N5OS/c1-14(19(26)24(13-5-12-21)16-6-3-2-4-7-16)27-20-23-22-18(15-8-9-15)25(20)17-10-11-17/h2-4,6-7,14-15,17H,5,8-11,13H2,1H3/t14-/m0/s1. The van der Waals surface area contributed by atoms with E-state index in [-0.39, 0.29) is 11.2 Å². The Balaban J connectivity index is 1.52. The Hall–Kier alpha value is -2.33. The Morgan fingerprint density at radius 3 is 2.67 bits per heavy atom. The summed E-state index contributed by atoms with van der Waals surface area (Å²) in [4.78, 5) is 14.9. The highest BCUT2D eigenvalue weighted by atomic mass is 32.2. The topological polar surface area (TPSA) is 74.8 Å². The summed E-state index contributed by atoms with van der Waals surface area (Å²) in [5, 5.41) is 18.4. The molecule has 7 heteroatoms. The molecule has 2 aliphatic carbocycles. The molecule has 27 heavy (non-hydrogen) atoms. The zero-order valence-corrected chi connectivity index (χ0v) is 16.2. The molecular weight excluding hydrogens is 358 g/mol. The molecule has 1 atom stereocenters. The van der Waals surface area contributed by atoms with Gasteiger partial charge in [0, 0.05) is 24.2 Å². The SMILES string of the molecule is C[C@H](Sc1nnc(C2CC2)n1C1CC1)C(=O)N(CCC#N)c1ccccc1. The van der Waals surface area contributed by atoms with Crippen LogP contribution in [0.1, 0.15) is 56.8 Å². The van der Waals surface area contributed by atoms with Gasteiger partial charge in [-0.15, -0.1) is 10.2 Å². The maximum absolute atomic E-state index is 13.1. The van der Waals surface area contributed by atoms with Crippen molar-refractivity contribution >= 4 is 23.4 Å². The van der Waals surface area contributed by atoms with E-state index in [0.717, 1.165) is 16.7 Å². The van der Waals surface area contributed by atoms with Gasteiger partial charge in [-0.1, -0.05) is 30.0 Å². The summed E-state index contributed by atoms with van der Waals surface area (Å²) in [6.07, 6.45) is 5.04. The molecule has 0 radical (unpaired) electrons. The largest absolute Gasteiger partial charge is 0.310 e. The van der Waals surface area contributed by atoms with Gasteiger partial charge in [0.05, 0.1) is 17.7 Å². The molecule has 2 aromatic rings. The summed E-state index contributed by atoms with van der Waals surface area (Å²) in [6, 6.07) is 12.2. The average Bonchev–Trinajstić information content (AvgIpc) is 3.62. The number of hydrogen-bond acceptors (Lipinski definition) is 5. The Labute approximate surface area is 163 Å². The third-order valence-corrected chi connectivity index (χ3v) is 6.00. The fourth-order valence-corrected chi connectivity index (χ4v) is 4.22. The normalized spacial score (nSPS) is 17.3. The molecule has 2 fully saturated rings. The number of amides is 1. The number of para-hydroxylation sites is 1. The van der Waals surface area contributed by atoms with E-state index < -0.39 is 0 Å². The second-order valence-corrected chi connectivity index (χ2v) is 8.52. The van der Waals surface area contributed by atoms with Crippen LogP contribution in [0.15, 0.2) is 35.5 Å². The Morgan fingerprint density at radius 1 is 1.30 bits per heavy atom. The molecule has 0 saturated heterocycles. The smallest absolute Gasteiger partial charge is 0.240 e. The Kier molecular flexibility index (Phi) is 5.17. The molecule has 4 rings (SSSR count). The van der Waals surface area contributed by atoms with Crippen LogP contribution in [-0.4, -0.2) is 32.5 Å². The van der Waals surface area contributed by atoms with Crippen LogP contribution in [0.2, 0.25) is 0 Å². The third-order valence-electron chi connectivity index (χ3n) is 4.96. The number of aromatic nitrogens is 3. The van der Waals surface area contributed by atoms with Crippen molar-refractivity contribution in [2.45, 2.75) is 61.4 Å². The second-order valence-electron chi connectivity index (χ2n) is 7.21. The average molecular weight is 382 g/mol. The third kappa shape index (κ3) is 4.01. The van der Waals surface area contributed by atoms with E-state index in [4.69, 9.17) is 5.26 Å². The fourth-order valence-electron chi connectivity index (χ4n) is 3.23. The summed E-state index contributed by atoms with van der Waals surface area (Å²) in [5.74, 6) is 1.65. The number of benzene rings is 1. The lowest BCUT2D eigenvalue weighted by atomic mass is 10.2. The number of carbonyl (C=O) groups is 1. The number of nitriles is 1. The van der Waals surface area contributed by atoms with E-state index in [1.807, 2.05) is 37.3 Å². The van der Waals surface area contributed by atoms with Crippen molar-refractivity contribution in [1.29, 1.82) is 5.26 Å². The molecule has 1 aromatic carbocycles. The molecule has 6 nitrogen and oxygen atoms in total. The first kappa shape index (κ1) is 18.1. The van der Waals surface area contributed by atoms with Crippen molar-refractivity contribution in [2.24, 2.45) is 0 Å². The lowest BCUT2D eigenvalue weighted by Crippen LogP contribution is -2.37. The van der Waals surface area contributed by atoms with Gasteiger partial charge in [0.2, 0.25) is 5.91 Å². The van der Waals surface area contributed by atoms with Gasteiger partial charge in [-0.25, -0.2) is 0 Å². The number of anilines is 1. The van der Waals surface area contributed by atoms with Crippen molar-refractivity contribution in [3.05, 3.63) is 36.2 Å². The molecule has 0 bridgehead atoms. The lowest BCUT2D eigenvalue weighted by molar-refractivity contribution is -0.117. The minimum Gasteiger partial charge on any atom is -0.310 e. The summed E-state index contributed by atoms with van der Waals surface area (Å²) >= 11 is 1.48. The van der Waals surface area contributed by atoms with Crippen LogP contribution in [0.5, 0.6) is 0 Å². The fraction of sp³-hybridized carbons (Fsp3) is 0.500. The summed E-state index contributed by atoms with van der Waals surface area (Å²) in [7, 11) is 0. The van der Waals surface area contributed by atoms with Crippen LogP contribution in [0.4, 0.5) is 5.69 Å². The Morgan fingerprint density at radius 2 is 2.04 bits per heavy atom. The van der Waals surface area contributed by atoms with Crippen LogP contribution in [0.3, 0.4) is 0 Å². The van der Waals surface area contributed by atoms with E-state index in [2.05, 4.69) is 20.8 Å². The molecule has 0 spiro atoms. The molecule has 1 aromatic heterocycles. The van der Waals surface area contributed by atoms with E-state index in [0.29, 0.717) is 24.9 Å². The zero-order valence-electron chi connectivity index (χ0n) is 15.4. The highest BCUT2D eigenvalue weighted by Crippen LogP contribution is 2.46. The number of carbonyl (C=O) groups excluding carboxylic acids is 1. The second kappa shape index (κ2) is 7.73. The minimum atomic E-state index is -0.294. The molecule has 0 aliphatic heterocycles. The van der Waals surface area contributed by atoms with Crippen molar-refractivity contribution < 1.29 is 4.79 Å². The van der Waals surface area contributed by atoms with Crippen molar-refractivity contribution in [1.82, 2.24) is 14.8 Å². The first-order valence-electron chi connectivity index (χ1n) is 9.54. The maximum atomic E-state index is 13.1. The maximum Gasteiger partial charge on any atom is 0.240 e. The van der Waals surface area contributed by atoms with Gasteiger partial charge < -0.3 is 9.47 Å². The van der Waals surface area contributed by atoms with Crippen molar-refractivity contribution in [2.75, 3.05) is 11.4 Å². The first-order chi connectivity index (χ1) is 13.2. The molecular formula is C20H23N5OS. The van der Waals surface area contributed by atoms with Crippen LogP contribution in [0, 0.1) is 11.3 Å². The van der Waals surface area contributed by atoms with Gasteiger partial charge in [-0.05, 0) is 44.7 Å². The summed E-state index contributed by atoms with van der Waals surface area (Å²) < 4.78 is 2.27. The monoisotopic (exact) mass is 381 g/mol. The molecule has 2 aliphatic rings. The van der Waals surface area contributed by atoms with Gasteiger partial charge in [-0.3, -0.25) is 4.79 Å². The van der Waals surface area contributed by atoms with Crippen molar-refractivity contribution in [3.63, 3.8) is 0 Å². The van der Waals surface area contributed by atoms with Gasteiger partial charge in [-0.2, -0.15) is 5.26 Å². The van der Waals surface area contributed by atoms with E-state index in [1.54, 1.807) is 4.90 Å². The zero-order chi connectivity index (χ0) is 18.8. The van der Waals surface area contributed by atoms with E-state index in [1.165, 1.54) is 37.4 Å². The van der Waals surface area contributed by atoms with Gasteiger partial charge in [0.15, 0.2) is 5.16 Å². The van der Waals surface area contributed by atoms with E-state index in [9.17, 15) is 4.79 Å². The minimum absolute atomic E-state index is 0.000214. The summed E-state index contributed by atoms with van der Waals surface area (Å²) in [6.45, 7) is 2.31. The predicted molar refractivity (Wildman–Crippen MR) is 105 cm³/mol. The molecule has 0 unspecified atom stereocenters. The molecule has 0 N–H and O–H groups in total. The van der Waals surface area contributed by atoms with Crippen LogP contribution < -0.4 is 4.90 Å². The van der Waals surface area contributed by atoms with Gasteiger partial charge in [0.1, 0.15) is 5.82 Å². The van der Waals surface area contributed by atoms with Crippen LogP contribution in [-0.2, 0) is 4.79 Å². The highest BCUT2D eigenvalue weighted by molar-refractivity contribution is 8.00. The number of rotatable bonds is 8. The molecule has 2 saturated carbocycles. The van der Waals surface area contributed by atoms with Gasteiger partial charge >= 0.3 is 0 Å². The lowest BCUT2D eigenvalue weighted by Gasteiger charge is -2.25. The molecule has 1 heterocycles. The number of nitrogens with zero attached hydrogens (tertiary/aromatic N) is 5. The molecule has 140 valence electrons. The first-order valence-corrected chi connectivity index (χ1v) is 10.4. The predicted octanol–water partition coefficient (Wildman–Crippen LogP) is 3.92. The van der Waals surface area contributed by atoms with Crippen LogP contribution in [0.25, 0.3) is 0 Å².